The summed E-state index contributed by atoms with van der Waals surface area (Å²) in [4.78, 5) is 14.7. The van der Waals surface area contributed by atoms with E-state index in [9.17, 15) is 4.79 Å². The molecule has 0 spiro atoms. The van der Waals surface area contributed by atoms with Crippen LogP contribution in [0.25, 0.3) is 0 Å². The first-order valence-electron chi connectivity index (χ1n) is 5.57. The molecule has 0 aromatic carbocycles. The van der Waals surface area contributed by atoms with Crippen LogP contribution in [-0.2, 0) is 4.74 Å². The number of piperidine rings is 1. The van der Waals surface area contributed by atoms with Gasteiger partial charge in [0.2, 0.25) is 0 Å². The molecule has 2 aliphatic heterocycles. The number of rotatable bonds is 1. The van der Waals surface area contributed by atoms with Crippen LogP contribution in [0.4, 0.5) is 4.79 Å². The summed E-state index contributed by atoms with van der Waals surface area (Å²) in [6, 6.07) is 0.560. The second kappa shape index (κ2) is 4.81. The molecule has 2 saturated heterocycles. The van der Waals surface area contributed by atoms with Crippen molar-refractivity contribution in [2.45, 2.75) is 18.9 Å². The fourth-order valence-electron chi connectivity index (χ4n) is 2.36. The molecule has 0 radical (unpaired) electrons. The molecule has 0 unspecified atom stereocenters. The van der Waals surface area contributed by atoms with Crippen LogP contribution >= 0.6 is 0 Å². The molecule has 5 heteroatoms. The van der Waals surface area contributed by atoms with E-state index < -0.39 is 6.09 Å². The molecule has 0 aromatic rings. The Morgan fingerprint density at radius 3 is 2.27 bits per heavy atom. The van der Waals surface area contributed by atoms with Crippen molar-refractivity contribution in [1.29, 1.82) is 0 Å². The van der Waals surface area contributed by atoms with Crippen molar-refractivity contribution >= 4 is 6.09 Å². The molecule has 0 aromatic heterocycles. The van der Waals surface area contributed by atoms with Crippen molar-refractivity contribution < 1.29 is 14.6 Å². The Bertz CT molecular complexity index is 221. The van der Waals surface area contributed by atoms with Crippen LogP contribution in [0.1, 0.15) is 12.8 Å². The number of hydrogen-bond donors (Lipinski definition) is 1. The Labute approximate surface area is 89.6 Å². The predicted octanol–water partition coefficient (Wildman–Crippen LogP) is 0.461. The molecule has 0 bridgehead atoms. The first-order valence-corrected chi connectivity index (χ1v) is 5.57. The van der Waals surface area contributed by atoms with Crippen molar-refractivity contribution in [3.8, 4) is 0 Å². The number of carboxylic acid groups (broad SMARTS) is 1. The maximum atomic E-state index is 10.7. The zero-order valence-electron chi connectivity index (χ0n) is 8.89. The molecular weight excluding hydrogens is 196 g/mol. The lowest BCUT2D eigenvalue weighted by atomic mass is 10.0. The van der Waals surface area contributed by atoms with Gasteiger partial charge in [-0.05, 0) is 12.8 Å². The molecule has 2 fully saturated rings. The molecule has 2 aliphatic rings. The molecule has 86 valence electrons. The Morgan fingerprint density at radius 1 is 1.13 bits per heavy atom. The van der Waals surface area contributed by atoms with E-state index in [2.05, 4.69) is 4.90 Å². The van der Waals surface area contributed by atoms with E-state index in [1.165, 1.54) is 4.90 Å². The average Bonchev–Trinajstić information content (AvgIpc) is 2.30. The van der Waals surface area contributed by atoms with Crippen LogP contribution in [0.2, 0.25) is 0 Å². The van der Waals surface area contributed by atoms with Crippen molar-refractivity contribution in [2.75, 3.05) is 39.4 Å². The quantitative estimate of drug-likeness (QED) is 0.689. The molecule has 15 heavy (non-hydrogen) atoms. The highest BCUT2D eigenvalue weighted by Gasteiger charge is 2.27. The van der Waals surface area contributed by atoms with E-state index >= 15 is 0 Å². The lowest BCUT2D eigenvalue weighted by molar-refractivity contribution is 0.00200. The summed E-state index contributed by atoms with van der Waals surface area (Å²) >= 11 is 0. The average molecular weight is 214 g/mol. The van der Waals surface area contributed by atoms with Gasteiger partial charge in [0.1, 0.15) is 0 Å². The molecule has 1 N–H and O–H groups in total. The first-order chi connectivity index (χ1) is 7.27. The summed E-state index contributed by atoms with van der Waals surface area (Å²) in [6.45, 7) is 4.99. The Balaban J connectivity index is 1.79. The highest BCUT2D eigenvalue weighted by molar-refractivity contribution is 5.65. The minimum Gasteiger partial charge on any atom is -0.465 e. The van der Waals surface area contributed by atoms with Gasteiger partial charge >= 0.3 is 6.09 Å². The summed E-state index contributed by atoms with van der Waals surface area (Å²) in [5, 5.41) is 8.83. The summed E-state index contributed by atoms with van der Waals surface area (Å²) in [5.74, 6) is 0. The molecule has 0 atom stereocenters. The molecule has 2 rings (SSSR count). The first kappa shape index (κ1) is 10.7. The summed E-state index contributed by atoms with van der Waals surface area (Å²) in [6.07, 6.45) is 1.15. The zero-order valence-corrected chi connectivity index (χ0v) is 8.89. The molecule has 5 nitrogen and oxygen atoms in total. The Hall–Kier alpha value is -0.810. The lowest BCUT2D eigenvalue weighted by Crippen LogP contribution is -2.49. The fraction of sp³-hybridized carbons (Fsp3) is 0.900. The third-order valence-electron chi connectivity index (χ3n) is 3.30. The summed E-state index contributed by atoms with van der Waals surface area (Å²) in [5.41, 5.74) is 0. The van der Waals surface area contributed by atoms with E-state index in [-0.39, 0.29) is 0 Å². The number of amides is 1. The molecule has 0 saturated carbocycles. The molecular formula is C10H18N2O3. The van der Waals surface area contributed by atoms with Crippen molar-refractivity contribution in [2.24, 2.45) is 0 Å². The third kappa shape index (κ3) is 2.60. The SMILES string of the molecule is O=C(O)N1CCC(N2CCOCC2)CC1. The van der Waals surface area contributed by atoms with Crippen molar-refractivity contribution in [3.63, 3.8) is 0 Å². The maximum absolute atomic E-state index is 10.7. The number of nitrogens with zero attached hydrogens (tertiary/aromatic N) is 2. The van der Waals surface area contributed by atoms with E-state index in [4.69, 9.17) is 9.84 Å². The van der Waals surface area contributed by atoms with Crippen LogP contribution in [0, 0.1) is 0 Å². The van der Waals surface area contributed by atoms with Gasteiger partial charge in [0.25, 0.3) is 0 Å². The van der Waals surface area contributed by atoms with Crippen LogP contribution in [0.5, 0.6) is 0 Å². The second-order valence-corrected chi connectivity index (χ2v) is 4.15. The van der Waals surface area contributed by atoms with Crippen LogP contribution < -0.4 is 0 Å². The predicted molar refractivity (Wildman–Crippen MR) is 55.0 cm³/mol. The lowest BCUT2D eigenvalue weighted by Gasteiger charge is -2.39. The largest absolute Gasteiger partial charge is 0.465 e. The van der Waals surface area contributed by atoms with Gasteiger partial charge in [0.15, 0.2) is 0 Å². The van der Waals surface area contributed by atoms with Gasteiger partial charge in [0, 0.05) is 32.2 Å². The van der Waals surface area contributed by atoms with Crippen LogP contribution in [-0.4, -0.2) is 66.4 Å². The normalized spacial score (nSPS) is 25.5. The Kier molecular flexibility index (Phi) is 3.43. The van der Waals surface area contributed by atoms with Gasteiger partial charge in [0.05, 0.1) is 13.2 Å². The minimum atomic E-state index is -0.782. The van der Waals surface area contributed by atoms with Gasteiger partial charge in [-0.2, -0.15) is 0 Å². The van der Waals surface area contributed by atoms with Crippen molar-refractivity contribution in [3.05, 3.63) is 0 Å². The third-order valence-corrected chi connectivity index (χ3v) is 3.30. The topological polar surface area (TPSA) is 53.0 Å². The fourth-order valence-corrected chi connectivity index (χ4v) is 2.36. The van der Waals surface area contributed by atoms with Crippen molar-refractivity contribution in [1.82, 2.24) is 9.80 Å². The van der Waals surface area contributed by atoms with E-state index in [1.54, 1.807) is 0 Å². The van der Waals surface area contributed by atoms with Crippen LogP contribution in [0.15, 0.2) is 0 Å². The van der Waals surface area contributed by atoms with Crippen LogP contribution in [0.3, 0.4) is 0 Å². The summed E-state index contributed by atoms with van der Waals surface area (Å²) < 4.78 is 5.30. The zero-order chi connectivity index (χ0) is 10.7. The molecule has 0 aliphatic carbocycles. The summed E-state index contributed by atoms with van der Waals surface area (Å²) in [7, 11) is 0. The molecule has 1 amide bonds. The standard InChI is InChI=1S/C10H18N2O3/c13-10(14)12-3-1-9(2-4-12)11-5-7-15-8-6-11/h9H,1-8H2,(H,13,14). The smallest absolute Gasteiger partial charge is 0.407 e. The number of likely N-dealkylation sites (tertiary alicyclic amines) is 1. The van der Waals surface area contributed by atoms with Gasteiger partial charge in [-0.3, -0.25) is 4.90 Å². The number of hydrogen-bond acceptors (Lipinski definition) is 3. The highest BCUT2D eigenvalue weighted by atomic mass is 16.5. The van der Waals surface area contributed by atoms with E-state index in [1.807, 2.05) is 0 Å². The monoisotopic (exact) mass is 214 g/mol. The Morgan fingerprint density at radius 2 is 1.73 bits per heavy atom. The van der Waals surface area contributed by atoms with Gasteiger partial charge in [-0.25, -0.2) is 4.79 Å². The second-order valence-electron chi connectivity index (χ2n) is 4.15. The van der Waals surface area contributed by atoms with Gasteiger partial charge in [-0.15, -0.1) is 0 Å². The maximum Gasteiger partial charge on any atom is 0.407 e. The number of carbonyl (C=O) groups is 1. The number of morpholine rings is 1. The molecule has 2 heterocycles. The number of ether oxygens (including phenoxy) is 1. The minimum absolute atomic E-state index is 0.560. The van der Waals surface area contributed by atoms with Gasteiger partial charge in [-0.1, -0.05) is 0 Å². The van der Waals surface area contributed by atoms with E-state index in [0.717, 1.165) is 39.1 Å². The highest BCUT2D eigenvalue weighted by Crippen LogP contribution is 2.17. The van der Waals surface area contributed by atoms with E-state index in [0.29, 0.717) is 19.1 Å². The van der Waals surface area contributed by atoms with Gasteiger partial charge < -0.3 is 14.7 Å².